The van der Waals surface area contributed by atoms with E-state index in [1.807, 2.05) is 0 Å². The maximum Gasteiger partial charge on any atom is 0.00642 e. The lowest BCUT2D eigenvalue weighted by molar-refractivity contribution is -0.0768. The van der Waals surface area contributed by atoms with Crippen molar-refractivity contribution in [1.29, 1.82) is 0 Å². The lowest BCUT2D eigenvalue weighted by atomic mass is 9.47. The minimum Gasteiger partial charge on any atom is -0.328 e. The summed E-state index contributed by atoms with van der Waals surface area (Å²) in [5.74, 6) is 40.5. The molecule has 16 rings (SSSR count). The Morgan fingerprint density at radius 3 is 0.406 bits per heavy atom. The largest absolute Gasteiger partial charge is 0.328 e. The Hall–Kier alpha value is -0.160. The highest BCUT2D eigenvalue weighted by molar-refractivity contribution is 5.02. The molecule has 4 heteroatoms. The molecule has 0 aromatic carbocycles. The van der Waals surface area contributed by atoms with Gasteiger partial charge in [-0.15, -0.1) is 0 Å². The van der Waals surface area contributed by atoms with Gasteiger partial charge in [0.1, 0.15) is 0 Å². The molecule has 16 fully saturated rings. The van der Waals surface area contributed by atoms with Gasteiger partial charge in [0.15, 0.2) is 0 Å². The molecule has 0 heterocycles. The van der Waals surface area contributed by atoms with Gasteiger partial charge in [-0.3, -0.25) is 0 Å². The van der Waals surface area contributed by atoms with Crippen LogP contribution < -0.4 is 21.7 Å². The third-order valence-corrected chi connectivity index (χ3v) is 42.5. The Bertz CT molecular complexity index is 2530. The highest BCUT2D eigenvalue weighted by Crippen LogP contribution is 2.62. The summed E-state index contributed by atoms with van der Waals surface area (Å²) in [6.07, 6.45) is 71.3. The molecule has 0 amide bonds. The van der Waals surface area contributed by atoms with Crippen molar-refractivity contribution in [3.8, 4) is 0 Å². The maximum atomic E-state index is 5.80. The number of nitrogens with one attached hydrogen (secondary N) is 3. The van der Waals surface area contributed by atoms with Gasteiger partial charge in [-0.1, -0.05) is 342 Å². The molecule has 4 nitrogen and oxygen atoms in total. The first-order valence-electron chi connectivity index (χ1n) is 65.8. The first-order valence-corrected chi connectivity index (χ1v) is 65.8. The van der Waals surface area contributed by atoms with Crippen molar-refractivity contribution in [3.05, 3.63) is 0 Å². The van der Waals surface area contributed by atoms with Crippen LogP contribution in [0.2, 0.25) is 0 Å². The van der Waals surface area contributed by atoms with Gasteiger partial charge < -0.3 is 21.7 Å². The molecule has 1 spiro atoms. The first kappa shape index (κ1) is 139. The minimum atomic E-state index is 0.509. The van der Waals surface area contributed by atoms with E-state index in [4.69, 9.17) is 5.73 Å². The monoisotopic (exact) mass is 2010 g/mol. The molecule has 16 aliphatic carbocycles. The molecule has 16 saturated carbocycles. The van der Waals surface area contributed by atoms with Crippen molar-refractivity contribution >= 4 is 0 Å². The van der Waals surface area contributed by atoms with Crippen LogP contribution in [0.3, 0.4) is 0 Å². The van der Waals surface area contributed by atoms with E-state index in [1.54, 1.807) is 12.8 Å². The third kappa shape index (κ3) is 60.1. The second-order valence-electron chi connectivity index (χ2n) is 60.7. The molecule has 143 heavy (non-hydrogen) atoms. The molecule has 5 N–H and O–H groups in total. The van der Waals surface area contributed by atoms with Crippen LogP contribution in [0.25, 0.3) is 0 Å². The second kappa shape index (κ2) is 75.7. The Morgan fingerprint density at radius 1 is 0.147 bits per heavy atom. The standard InChI is InChI=1S/C11H20.3C10H21N.2C10H20.C9H19N.5C9H18.3C8H16/c1-8(2)10-6-11(7-10)4-9(3)5-11;3*1-8(2)9-4-6-10(11-3)7-5-9;2*1-8(2)10-6-4-9(3)5-7-10;1-7(2)8-3-5-9(10)6-4-8;5*1-7(2)9-5-4-8(3)6-9;3*1-6(2)8-4-7(3)5-8/h8-10H,4-7H2,1-3H3;3*8-11H,4-7H2,1-3H3;2*8-10H,4-7H2,1-3H3;7-9H,3-6,10H2,1-2H3;5*7-9H,4-6H2,1-3H3;3*6-8H,4-5H2,1-3H3/t;;;;;;;2*8-,9+;2*8-,9-;;;;/m.......1010..../s1. The van der Waals surface area contributed by atoms with Crippen LogP contribution >= 0.6 is 0 Å². The molecule has 0 aliphatic heterocycles. The van der Waals surface area contributed by atoms with E-state index in [2.05, 4.69) is 321 Å². The number of hydrogen-bond donors (Lipinski definition) is 4. The summed E-state index contributed by atoms with van der Waals surface area (Å²) in [7, 11) is 6.25. The summed E-state index contributed by atoms with van der Waals surface area (Å²) < 4.78 is 0. The van der Waals surface area contributed by atoms with Crippen LogP contribution in [0.5, 0.6) is 0 Å². The molecule has 0 bridgehead atoms. The Labute approximate surface area is 907 Å². The molecule has 10 atom stereocenters. The summed E-state index contributed by atoms with van der Waals surface area (Å²) in [6, 6.07) is 2.94. The topological polar surface area (TPSA) is 62.1 Å². The van der Waals surface area contributed by atoms with Crippen LogP contribution in [0, 0.1) is 248 Å². The van der Waals surface area contributed by atoms with Gasteiger partial charge in [0.05, 0.1) is 0 Å². The maximum absolute atomic E-state index is 5.80. The molecule has 0 aromatic rings. The average molecular weight is 2010 g/mol. The van der Waals surface area contributed by atoms with Gasteiger partial charge in [-0.05, 0) is 526 Å². The normalized spacial score (nSPS) is 36.3. The molecule has 0 aromatic heterocycles. The van der Waals surface area contributed by atoms with Crippen LogP contribution in [0.1, 0.15) is 598 Å². The van der Waals surface area contributed by atoms with Crippen LogP contribution in [-0.4, -0.2) is 45.3 Å². The van der Waals surface area contributed by atoms with Crippen molar-refractivity contribution in [2.75, 3.05) is 21.1 Å². The van der Waals surface area contributed by atoms with E-state index < -0.39 is 0 Å². The predicted octanol–water partition coefficient (Wildman–Crippen LogP) is 43.3. The first-order chi connectivity index (χ1) is 67.0. The summed E-state index contributed by atoms with van der Waals surface area (Å²) in [4.78, 5) is 0. The molecule has 0 saturated heterocycles. The van der Waals surface area contributed by atoms with Crippen molar-refractivity contribution in [1.82, 2.24) is 16.0 Å². The quantitative estimate of drug-likeness (QED) is 0.110. The van der Waals surface area contributed by atoms with Crippen LogP contribution in [0.15, 0.2) is 0 Å². The fourth-order valence-corrected chi connectivity index (χ4v) is 29.0. The molecular weight excluding hydrogens is 1730 g/mol. The number of nitrogens with two attached hydrogens (primary N) is 1. The smallest absolute Gasteiger partial charge is 0.00642 e. The summed E-state index contributed by atoms with van der Waals surface area (Å²) in [6.45, 7) is 96.5. The Balaban J connectivity index is 0.000000518. The zero-order chi connectivity index (χ0) is 108. The highest BCUT2D eigenvalue weighted by atomic mass is 14.9. The van der Waals surface area contributed by atoms with Gasteiger partial charge in [-0.25, -0.2) is 0 Å². The van der Waals surface area contributed by atoms with Gasteiger partial charge in [0, 0.05) is 24.2 Å². The molecule has 856 valence electrons. The van der Waals surface area contributed by atoms with Crippen molar-refractivity contribution in [2.24, 2.45) is 254 Å². The van der Waals surface area contributed by atoms with Gasteiger partial charge in [-0.2, -0.15) is 0 Å². The zero-order valence-corrected chi connectivity index (χ0v) is 107. The fourth-order valence-electron chi connectivity index (χ4n) is 29.0. The number of hydrogen-bond acceptors (Lipinski definition) is 4. The lowest BCUT2D eigenvalue weighted by Crippen LogP contribution is -2.48. The number of rotatable bonds is 18. The van der Waals surface area contributed by atoms with E-state index in [1.165, 1.54) is 302 Å². The SMILES string of the molecule is CC(C)C1CCC(N)CC1.CC(C)[C@@H]1CC[C@@H](C)C1.CC(C)[C@@H]1CC[C@H](C)C1.CC(C)[C@H]1CC[C@@H](C)C1.CC(C)[C@H]1CC[C@H](C)C1.CC1CC(C(C)C)C1.CC1CC(C(C)C)C1.CC1CC(C(C)C)C1.CC1CC2(C1)CC(C(C)C)C2.CC1CCC(C(C)C)C1.CC1CCC(C(C)C)CC1.CC1CCC(C(C)C)CC1.CNC1CCC(C(C)C)CC1.CNC1CCC(C(C)C)CC1.CNC1CCC(C(C)C)CC1. The van der Waals surface area contributed by atoms with E-state index in [-0.39, 0.29) is 0 Å². The van der Waals surface area contributed by atoms with Crippen LogP contribution in [0.4, 0.5) is 0 Å². The van der Waals surface area contributed by atoms with E-state index in [0.717, 1.165) is 266 Å². The molecule has 16 aliphatic rings. The van der Waals surface area contributed by atoms with E-state index >= 15 is 0 Å². The average Bonchev–Trinajstić information content (AvgIpc) is 0.879. The predicted molar refractivity (Wildman–Crippen MR) is 651 cm³/mol. The molecular formula is C139H280N4. The summed E-state index contributed by atoms with van der Waals surface area (Å²) in [5, 5.41) is 10.1. The van der Waals surface area contributed by atoms with E-state index in [0.29, 0.717) is 6.04 Å². The van der Waals surface area contributed by atoms with Crippen LogP contribution in [-0.2, 0) is 0 Å². The van der Waals surface area contributed by atoms with Crippen molar-refractivity contribution in [2.45, 2.75) is 623 Å². The minimum absolute atomic E-state index is 0.509. The van der Waals surface area contributed by atoms with Crippen molar-refractivity contribution in [3.63, 3.8) is 0 Å². The highest BCUT2D eigenvalue weighted by Gasteiger charge is 2.52. The third-order valence-electron chi connectivity index (χ3n) is 42.5. The summed E-state index contributed by atoms with van der Waals surface area (Å²) >= 11 is 0. The van der Waals surface area contributed by atoms with Gasteiger partial charge >= 0.3 is 0 Å². The Morgan fingerprint density at radius 2 is 0.287 bits per heavy atom. The van der Waals surface area contributed by atoms with Gasteiger partial charge in [0.25, 0.3) is 0 Å². The summed E-state index contributed by atoms with van der Waals surface area (Å²) in [5.41, 5.74) is 6.67. The molecule has 0 radical (unpaired) electrons. The molecule has 2 unspecified atom stereocenters. The lowest BCUT2D eigenvalue weighted by Gasteiger charge is -2.58. The van der Waals surface area contributed by atoms with Gasteiger partial charge in [0.2, 0.25) is 0 Å². The second-order valence-corrected chi connectivity index (χ2v) is 60.7. The zero-order valence-electron chi connectivity index (χ0n) is 107. The van der Waals surface area contributed by atoms with Crippen molar-refractivity contribution < 1.29 is 0 Å². The van der Waals surface area contributed by atoms with E-state index in [9.17, 15) is 0 Å². The fraction of sp³-hybridized carbons (Fsp3) is 1.00. The Kier molecular flexibility index (Phi) is 73.5.